The van der Waals surface area contributed by atoms with E-state index in [0.29, 0.717) is 23.6 Å². The molecule has 3 rings (SSSR count). The van der Waals surface area contributed by atoms with Gasteiger partial charge < -0.3 is 8.83 Å². The first-order valence-electron chi connectivity index (χ1n) is 6.51. The number of aryl methyl sites for hydroxylation is 2. The molecule has 0 N–H and O–H groups in total. The van der Waals surface area contributed by atoms with Gasteiger partial charge in [0.15, 0.2) is 0 Å². The second-order valence-corrected chi connectivity index (χ2v) is 5.29. The Balaban J connectivity index is 2.04. The molecular formula is C14H12Cl2N4O2. The molecule has 2 heterocycles. The minimum Gasteiger partial charge on any atom is -0.419 e. The van der Waals surface area contributed by atoms with Crippen LogP contribution in [0.25, 0.3) is 22.9 Å². The number of hydrogen-bond acceptors (Lipinski definition) is 6. The lowest BCUT2D eigenvalue weighted by Gasteiger charge is -2.07. The van der Waals surface area contributed by atoms with Crippen molar-refractivity contribution in [3.63, 3.8) is 0 Å². The number of hydrogen-bond donors (Lipinski definition) is 0. The highest BCUT2D eigenvalue weighted by Gasteiger charge is 2.16. The molecule has 0 saturated heterocycles. The van der Waals surface area contributed by atoms with Crippen molar-refractivity contribution < 1.29 is 8.83 Å². The summed E-state index contributed by atoms with van der Waals surface area (Å²) in [5.41, 5.74) is 3.61. The Kier molecular flexibility index (Phi) is 4.13. The van der Waals surface area contributed by atoms with E-state index < -0.39 is 0 Å². The van der Waals surface area contributed by atoms with Crippen molar-refractivity contribution in [3.05, 3.63) is 35.0 Å². The van der Waals surface area contributed by atoms with Gasteiger partial charge >= 0.3 is 0 Å². The number of alkyl halides is 2. The van der Waals surface area contributed by atoms with Gasteiger partial charge in [0, 0.05) is 11.1 Å². The lowest BCUT2D eigenvalue weighted by atomic mass is 10.00. The maximum absolute atomic E-state index is 5.69. The monoisotopic (exact) mass is 338 g/mol. The molecule has 8 heteroatoms. The average Bonchev–Trinajstić information content (AvgIpc) is 3.17. The van der Waals surface area contributed by atoms with Gasteiger partial charge in [-0.3, -0.25) is 0 Å². The molecule has 0 aliphatic rings. The van der Waals surface area contributed by atoms with Crippen LogP contribution >= 0.6 is 23.2 Å². The molecule has 0 saturated carbocycles. The van der Waals surface area contributed by atoms with Crippen molar-refractivity contribution in [2.24, 2.45) is 0 Å². The third-order valence-electron chi connectivity index (χ3n) is 3.19. The number of benzene rings is 1. The summed E-state index contributed by atoms with van der Waals surface area (Å²) in [7, 11) is 0. The van der Waals surface area contributed by atoms with Crippen molar-refractivity contribution in [3.8, 4) is 22.9 Å². The van der Waals surface area contributed by atoms with Crippen LogP contribution in [0.1, 0.15) is 22.9 Å². The van der Waals surface area contributed by atoms with Crippen LogP contribution < -0.4 is 0 Å². The molecule has 0 amide bonds. The van der Waals surface area contributed by atoms with Crippen LogP contribution in [0.15, 0.2) is 21.0 Å². The van der Waals surface area contributed by atoms with Gasteiger partial charge in [0.1, 0.15) is 11.8 Å². The molecule has 6 nitrogen and oxygen atoms in total. The molecule has 0 fully saturated rings. The third-order valence-corrected chi connectivity index (χ3v) is 3.65. The Labute approximate surface area is 136 Å². The van der Waals surface area contributed by atoms with Crippen LogP contribution in [0.2, 0.25) is 0 Å². The molecule has 1 aromatic carbocycles. The van der Waals surface area contributed by atoms with Crippen molar-refractivity contribution >= 4 is 23.2 Å². The average molecular weight is 339 g/mol. The van der Waals surface area contributed by atoms with Gasteiger partial charge in [-0.1, -0.05) is 0 Å². The molecule has 0 aliphatic heterocycles. The Bertz CT molecular complexity index is 745. The van der Waals surface area contributed by atoms with E-state index in [1.54, 1.807) is 0 Å². The SMILES string of the molecule is Cc1cc(-c2nnc(CCl)o2)c(C)cc1-c1nnc(CCl)o1. The number of halogens is 2. The largest absolute Gasteiger partial charge is 0.419 e. The Hall–Kier alpha value is -1.92. The zero-order valence-electron chi connectivity index (χ0n) is 11.9. The maximum atomic E-state index is 5.69. The van der Waals surface area contributed by atoms with Gasteiger partial charge in [-0.05, 0) is 37.1 Å². The molecule has 2 aromatic heterocycles. The summed E-state index contributed by atoms with van der Waals surface area (Å²) >= 11 is 11.4. The summed E-state index contributed by atoms with van der Waals surface area (Å²) < 4.78 is 11.0. The Morgan fingerprint density at radius 3 is 1.50 bits per heavy atom. The highest BCUT2D eigenvalue weighted by atomic mass is 35.5. The molecule has 0 atom stereocenters. The zero-order valence-corrected chi connectivity index (χ0v) is 13.4. The fourth-order valence-electron chi connectivity index (χ4n) is 2.11. The molecular weight excluding hydrogens is 327 g/mol. The van der Waals surface area contributed by atoms with Crippen LogP contribution in [0, 0.1) is 13.8 Å². The van der Waals surface area contributed by atoms with Gasteiger partial charge in [-0.25, -0.2) is 0 Å². The van der Waals surface area contributed by atoms with Crippen LogP contribution in [0.4, 0.5) is 0 Å². The summed E-state index contributed by atoms with van der Waals surface area (Å²) in [5.74, 6) is 2.03. The number of rotatable bonds is 4. The normalized spacial score (nSPS) is 11.1. The second kappa shape index (κ2) is 6.06. The summed E-state index contributed by atoms with van der Waals surface area (Å²) in [4.78, 5) is 0. The van der Waals surface area contributed by atoms with Crippen molar-refractivity contribution in [1.29, 1.82) is 0 Å². The number of aromatic nitrogens is 4. The van der Waals surface area contributed by atoms with E-state index in [2.05, 4.69) is 20.4 Å². The molecule has 0 aliphatic carbocycles. The molecule has 114 valence electrons. The van der Waals surface area contributed by atoms with E-state index in [9.17, 15) is 0 Å². The minimum atomic E-state index is 0.187. The summed E-state index contributed by atoms with van der Waals surface area (Å²) in [6.07, 6.45) is 0. The highest BCUT2D eigenvalue weighted by Crippen LogP contribution is 2.30. The molecule has 22 heavy (non-hydrogen) atoms. The van der Waals surface area contributed by atoms with E-state index in [-0.39, 0.29) is 11.8 Å². The Morgan fingerprint density at radius 1 is 0.773 bits per heavy atom. The van der Waals surface area contributed by atoms with Crippen molar-refractivity contribution in [2.75, 3.05) is 0 Å². The van der Waals surface area contributed by atoms with Crippen LogP contribution in [0.5, 0.6) is 0 Å². The first-order chi connectivity index (χ1) is 10.6. The van der Waals surface area contributed by atoms with Crippen LogP contribution in [-0.2, 0) is 11.8 Å². The summed E-state index contributed by atoms with van der Waals surface area (Å²) in [6, 6.07) is 3.89. The molecule has 0 bridgehead atoms. The third kappa shape index (κ3) is 2.71. The minimum absolute atomic E-state index is 0.187. The predicted octanol–water partition coefficient (Wildman–Crippen LogP) is 3.88. The highest BCUT2D eigenvalue weighted by molar-refractivity contribution is 6.16. The van der Waals surface area contributed by atoms with Gasteiger partial charge in [-0.15, -0.1) is 43.6 Å². The van der Waals surface area contributed by atoms with Crippen molar-refractivity contribution in [2.45, 2.75) is 25.6 Å². The first-order valence-corrected chi connectivity index (χ1v) is 7.58. The van der Waals surface area contributed by atoms with E-state index in [1.165, 1.54) is 0 Å². The molecule has 3 aromatic rings. The second-order valence-electron chi connectivity index (χ2n) is 4.75. The Morgan fingerprint density at radius 2 is 1.18 bits per heavy atom. The van der Waals surface area contributed by atoms with Crippen molar-refractivity contribution in [1.82, 2.24) is 20.4 Å². The quantitative estimate of drug-likeness (QED) is 0.671. The van der Waals surface area contributed by atoms with Crippen LogP contribution in [-0.4, -0.2) is 20.4 Å². The van der Waals surface area contributed by atoms with E-state index in [4.69, 9.17) is 32.0 Å². The molecule has 0 radical (unpaired) electrons. The van der Waals surface area contributed by atoms with E-state index >= 15 is 0 Å². The van der Waals surface area contributed by atoms with Gasteiger partial charge in [0.2, 0.25) is 23.6 Å². The van der Waals surface area contributed by atoms with Crippen LogP contribution in [0.3, 0.4) is 0 Å². The predicted molar refractivity (Wildman–Crippen MR) is 81.6 cm³/mol. The van der Waals surface area contributed by atoms with Gasteiger partial charge in [0.25, 0.3) is 0 Å². The fraction of sp³-hybridized carbons (Fsp3) is 0.286. The fourth-order valence-corrected chi connectivity index (χ4v) is 2.33. The summed E-state index contributed by atoms with van der Waals surface area (Å²) in [5, 5.41) is 15.8. The standard InChI is InChI=1S/C14H12Cl2N4O2/c1-7-3-10(14-20-18-12(6-16)22-14)8(2)4-9(7)13-19-17-11(5-15)21-13/h3-4H,5-6H2,1-2H3. The van der Waals surface area contributed by atoms with Gasteiger partial charge in [-0.2, -0.15) is 0 Å². The van der Waals surface area contributed by atoms with E-state index in [1.807, 2.05) is 26.0 Å². The summed E-state index contributed by atoms with van der Waals surface area (Å²) in [6.45, 7) is 3.89. The lowest BCUT2D eigenvalue weighted by molar-refractivity contribution is 0.525. The first kappa shape index (κ1) is 15.0. The molecule has 0 unspecified atom stereocenters. The smallest absolute Gasteiger partial charge is 0.248 e. The topological polar surface area (TPSA) is 77.8 Å². The van der Waals surface area contributed by atoms with Gasteiger partial charge in [0.05, 0.1) is 0 Å². The lowest BCUT2D eigenvalue weighted by Crippen LogP contribution is -1.90. The number of nitrogens with zero attached hydrogens (tertiary/aromatic N) is 4. The maximum Gasteiger partial charge on any atom is 0.248 e. The molecule has 0 spiro atoms. The zero-order chi connectivity index (χ0) is 15.7. The van der Waals surface area contributed by atoms with E-state index in [0.717, 1.165) is 22.3 Å².